The topological polar surface area (TPSA) is 6.48 Å². The minimum Gasteiger partial charge on any atom is -0.248 e. The van der Waals surface area contributed by atoms with Crippen molar-refractivity contribution in [3.8, 4) is 0 Å². The highest BCUT2D eigenvalue weighted by Crippen LogP contribution is 2.02. The number of hydrazine groups is 1. The van der Waals surface area contributed by atoms with Crippen LogP contribution in [0.1, 0.15) is 46.5 Å². The number of rotatable bonds is 7. The molecule has 0 saturated carbocycles. The quantitative estimate of drug-likeness (QED) is 0.491. The molecule has 0 aliphatic carbocycles. The average Bonchev–Trinajstić information content (AvgIpc) is 2.21. The Bertz CT molecular complexity index is 147. The minimum absolute atomic E-state index is 1.09. The van der Waals surface area contributed by atoms with Gasteiger partial charge in [-0.05, 0) is 24.1 Å². The predicted octanol–water partition coefficient (Wildman–Crippen LogP) is 3.37. The molecule has 0 aliphatic heterocycles. The van der Waals surface area contributed by atoms with E-state index in [1.54, 1.807) is 0 Å². The summed E-state index contributed by atoms with van der Waals surface area (Å²) in [6.07, 6.45) is 4.57. The van der Waals surface area contributed by atoms with Crippen molar-refractivity contribution in [1.82, 2.24) is 10.0 Å². The molecule has 0 aliphatic rings. The van der Waals surface area contributed by atoms with E-state index in [4.69, 9.17) is 12.2 Å². The van der Waals surface area contributed by atoms with Gasteiger partial charge in [-0.1, -0.05) is 39.4 Å². The SMILES string of the molecule is CC.CCCC(=S)CCCN(C)N(C)C. The van der Waals surface area contributed by atoms with Gasteiger partial charge in [0.15, 0.2) is 0 Å². The van der Waals surface area contributed by atoms with E-state index >= 15 is 0 Å². The Morgan fingerprint density at radius 3 is 2.00 bits per heavy atom. The molecule has 0 bridgehead atoms. The van der Waals surface area contributed by atoms with Gasteiger partial charge in [0, 0.05) is 27.7 Å². The third-order valence-corrected chi connectivity index (χ3v) is 2.56. The monoisotopic (exact) mass is 232 g/mol. The van der Waals surface area contributed by atoms with Crippen LogP contribution in [0.25, 0.3) is 0 Å². The van der Waals surface area contributed by atoms with Gasteiger partial charge in [0.25, 0.3) is 0 Å². The van der Waals surface area contributed by atoms with Crippen LogP contribution in [0.2, 0.25) is 0 Å². The molecular weight excluding hydrogens is 204 g/mol. The lowest BCUT2D eigenvalue weighted by atomic mass is 10.1. The average molecular weight is 232 g/mol. The maximum Gasteiger partial charge on any atom is 0.0133 e. The van der Waals surface area contributed by atoms with Crippen molar-refractivity contribution in [2.45, 2.75) is 46.5 Å². The molecule has 0 unspecified atom stereocenters. The van der Waals surface area contributed by atoms with Crippen molar-refractivity contribution >= 4 is 17.1 Å². The lowest BCUT2D eigenvalue weighted by Gasteiger charge is -2.23. The number of nitrogens with zero attached hydrogens (tertiary/aromatic N) is 2. The molecule has 0 radical (unpaired) electrons. The minimum atomic E-state index is 1.09. The standard InChI is InChI=1S/C10H22N2S.C2H6/c1-5-7-10(13)8-6-9-12(4)11(2)3;1-2/h5-9H2,1-4H3;1-2H3. The van der Waals surface area contributed by atoms with E-state index in [-0.39, 0.29) is 0 Å². The molecule has 0 heterocycles. The van der Waals surface area contributed by atoms with Crippen LogP contribution in [0, 0.1) is 0 Å². The molecule has 0 N–H and O–H groups in total. The Kier molecular flexibility index (Phi) is 14.0. The van der Waals surface area contributed by atoms with E-state index in [1.165, 1.54) is 17.7 Å². The van der Waals surface area contributed by atoms with Crippen molar-refractivity contribution in [1.29, 1.82) is 0 Å². The van der Waals surface area contributed by atoms with Gasteiger partial charge >= 0.3 is 0 Å². The van der Waals surface area contributed by atoms with E-state index in [9.17, 15) is 0 Å². The fourth-order valence-electron chi connectivity index (χ4n) is 1.11. The van der Waals surface area contributed by atoms with Gasteiger partial charge < -0.3 is 0 Å². The first kappa shape index (κ1) is 17.4. The second kappa shape index (κ2) is 12.1. The molecule has 2 nitrogen and oxygen atoms in total. The second-order valence-electron chi connectivity index (χ2n) is 3.62. The third kappa shape index (κ3) is 11.9. The fourth-order valence-corrected chi connectivity index (χ4v) is 1.46. The molecule has 0 saturated heterocycles. The first-order chi connectivity index (χ1) is 7.07. The van der Waals surface area contributed by atoms with Crippen molar-refractivity contribution in [3.05, 3.63) is 0 Å². The predicted molar refractivity (Wildman–Crippen MR) is 74.4 cm³/mol. The summed E-state index contributed by atoms with van der Waals surface area (Å²) in [7, 11) is 6.22. The zero-order valence-electron chi connectivity index (χ0n) is 11.3. The number of hydrogen-bond donors (Lipinski definition) is 0. The van der Waals surface area contributed by atoms with Crippen LogP contribution in [-0.2, 0) is 0 Å². The Morgan fingerprint density at radius 1 is 1.07 bits per heavy atom. The van der Waals surface area contributed by atoms with E-state index in [1.807, 2.05) is 13.8 Å². The largest absolute Gasteiger partial charge is 0.248 e. The van der Waals surface area contributed by atoms with Crippen LogP contribution in [0.5, 0.6) is 0 Å². The van der Waals surface area contributed by atoms with Gasteiger partial charge in [-0.2, -0.15) is 0 Å². The Hall–Kier alpha value is 0.0100. The third-order valence-electron chi connectivity index (χ3n) is 2.15. The van der Waals surface area contributed by atoms with Gasteiger partial charge in [-0.15, -0.1) is 0 Å². The van der Waals surface area contributed by atoms with Crippen LogP contribution in [0.15, 0.2) is 0 Å². The molecule has 0 amide bonds. The first-order valence-corrected chi connectivity index (χ1v) is 6.38. The van der Waals surface area contributed by atoms with Gasteiger partial charge in [-0.3, -0.25) is 0 Å². The molecule has 15 heavy (non-hydrogen) atoms. The molecule has 0 spiro atoms. The zero-order chi connectivity index (χ0) is 12.3. The first-order valence-electron chi connectivity index (χ1n) is 5.98. The summed E-state index contributed by atoms with van der Waals surface area (Å²) in [5.41, 5.74) is 0. The normalized spacial score (nSPS) is 10.1. The molecule has 0 aromatic carbocycles. The van der Waals surface area contributed by atoms with Gasteiger partial charge in [0.1, 0.15) is 0 Å². The van der Waals surface area contributed by atoms with E-state index in [0.29, 0.717) is 0 Å². The number of hydrogen-bond acceptors (Lipinski definition) is 3. The summed E-state index contributed by atoms with van der Waals surface area (Å²) >= 11 is 5.24. The summed E-state index contributed by atoms with van der Waals surface area (Å²) < 4.78 is 0. The maximum absolute atomic E-state index is 5.24. The number of thiocarbonyl (C=S) groups is 1. The van der Waals surface area contributed by atoms with Gasteiger partial charge in [0.05, 0.1) is 0 Å². The van der Waals surface area contributed by atoms with Crippen molar-refractivity contribution in [3.63, 3.8) is 0 Å². The van der Waals surface area contributed by atoms with Gasteiger partial charge in [0.2, 0.25) is 0 Å². The molecule has 3 heteroatoms. The van der Waals surface area contributed by atoms with Crippen LogP contribution in [0.3, 0.4) is 0 Å². The highest BCUT2D eigenvalue weighted by Gasteiger charge is 2.01. The Labute approximate surface area is 102 Å². The van der Waals surface area contributed by atoms with Crippen molar-refractivity contribution in [2.75, 3.05) is 27.7 Å². The summed E-state index contributed by atoms with van der Waals surface area (Å²) in [4.78, 5) is 1.23. The van der Waals surface area contributed by atoms with Crippen LogP contribution in [0.4, 0.5) is 0 Å². The highest BCUT2D eigenvalue weighted by molar-refractivity contribution is 7.80. The fraction of sp³-hybridized carbons (Fsp3) is 0.917. The Morgan fingerprint density at radius 2 is 1.60 bits per heavy atom. The maximum atomic E-state index is 5.24. The lowest BCUT2D eigenvalue weighted by Crippen LogP contribution is -2.33. The summed E-state index contributed by atoms with van der Waals surface area (Å²) in [6, 6.07) is 0. The van der Waals surface area contributed by atoms with E-state index in [2.05, 4.69) is 38.1 Å². The molecule has 0 fully saturated rings. The van der Waals surface area contributed by atoms with Crippen molar-refractivity contribution < 1.29 is 0 Å². The van der Waals surface area contributed by atoms with Crippen molar-refractivity contribution in [2.24, 2.45) is 0 Å². The summed E-state index contributed by atoms with van der Waals surface area (Å²) in [5, 5.41) is 4.30. The lowest BCUT2D eigenvalue weighted by molar-refractivity contribution is 0.0557. The van der Waals surface area contributed by atoms with Crippen LogP contribution < -0.4 is 0 Å². The van der Waals surface area contributed by atoms with Crippen LogP contribution in [-0.4, -0.2) is 42.6 Å². The molecule has 92 valence electrons. The molecule has 0 atom stereocenters. The van der Waals surface area contributed by atoms with Gasteiger partial charge in [-0.25, -0.2) is 10.0 Å². The summed E-state index contributed by atoms with van der Waals surface area (Å²) in [5.74, 6) is 0. The molecule has 0 rings (SSSR count). The van der Waals surface area contributed by atoms with E-state index < -0.39 is 0 Å². The molecule has 0 aromatic rings. The zero-order valence-corrected chi connectivity index (χ0v) is 12.2. The Balaban J connectivity index is 0. The highest BCUT2D eigenvalue weighted by atomic mass is 32.1. The molecule has 0 aromatic heterocycles. The smallest absolute Gasteiger partial charge is 0.0133 e. The summed E-state index contributed by atoms with van der Waals surface area (Å²) in [6.45, 7) is 7.27. The molecular formula is C12H28N2S. The van der Waals surface area contributed by atoms with E-state index in [0.717, 1.165) is 19.4 Å². The van der Waals surface area contributed by atoms with Crippen LogP contribution >= 0.6 is 12.2 Å². The second-order valence-corrected chi connectivity index (χ2v) is 4.20.